The fourth-order valence-corrected chi connectivity index (χ4v) is 3.57. The Morgan fingerprint density at radius 2 is 2.16 bits per heavy atom. The van der Waals surface area contributed by atoms with E-state index >= 15 is 0 Å². The van der Waals surface area contributed by atoms with E-state index in [2.05, 4.69) is 28.2 Å². The van der Waals surface area contributed by atoms with E-state index in [1.807, 2.05) is 12.1 Å². The molecule has 134 valence electrons. The molecule has 1 unspecified atom stereocenters. The standard InChI is InChI=1S/C19H26N4O2/c1-3-4-5-17(18(24)20-2)23-13-14-12-15(6-7-16(14)19(23)25)22-10-8-21-9-11-22/h3,6-7,12,17,21H,1,4-5,8-11,13H2,2H3,(H,20,24). The van der Waals surface area contributed by atoms with Crippen LogP contribution in [0.5, 0.6) is 0 Å². The van der Waals surface area contributed by atoms with Gasteiger partial charge in [-0.3, -0.25) is 9.59 Å². The molecule has 2 amide bonds. The number of piperazine rings is 1. The van der Waals surface area contributed by atoms with Crippen molar-refractivity contribution in [1.82, 2.24) is 15.5 Å². The van der Waals surface area contributed by atoms with Crippen molar-refractivity contribution in [2.24, 2.45) is 0 Å². The molecule has 1 saturated heterocycles. The molecule has 0 aliphatic carbocycles. The van der Waals surface area contributed by atoms with Crippen LogP contribution in [0.4, 0.5) is 5.69 Å². The van der Waals surface area contributed by atoms with E-state index in [0.29, 0.717) is 24.9 Å². The Bertz CT molecular complexity index is 667. The van der Waals surface area contributed by atoms with Gasteiger partial charge >= 0.3 is 0 Å². The molecule has 0 spiro atoms. The predicted octanol–water partition coefficient (Wildman–Crippen LogP) is 1.13. The third-order valence-corrected chi connectivity index (χ3v) is 4.97. The largest absolute Gasteiger partial charge is 0.369 e. The number of nitrogens with zero attached hydrogens (tertiary/aromatic N) is 2. The van der Waals surface area contributed by atoms with E-state index in [4.69, 9.17) is 0 Å². The summed E-state index contributed by atoms with van der Waals surface area (Å²) < 4.78 is 0. The molecule has 0 radical (unpaired) electrons. The Kier molecular flexibility index (Phi) is 5.38. The van der Waals surface area contributed by atoms with E-state index in [0.717, 1.165) is 37.4 Å². The van der Waals surface area contributed by atoms with E-state index in [1.165, 1.54) is 0 Å². The molecule has 25 heavy (non-hydrogen) atoms. The topological polar surface area (TPSA) is 64.7 Å². The third-order valence-electron chi connectivity index (χ3n) is 4.97. The maximum atomic E-state index is 12.8. The van der Waals surface area contributed by atoms with Crippen molar-refractivity contribution in [2.45, 2.75) is 25.4 Å². The molecule has 2 N–H and O–H groups in total. The van der Waals surface area contributed by atoms with Gasteiger partial charge in [0.15, 0.2) is 0 Å². The van der Waals surface area contributed by atoms with Crippen LogP contribution in [-0.2, 0) is 11.3 Å². The van der Waals surface area contributed by atoms with Crippen LogP contribution in [0.3, 0.4) is 0 Å². The second-order valence-electron chi connectivity index (χ2n) is 6.51. The first-order valence-corrected chi connectivity index (χ1v) is 8.87. The maximum Gasteiger partial charge on any atom is 0.255 e. The van der Waals surface area contributed by atoms with Crippen molar-refractivity contribution in [3.05, 3.63) is 42.0 Å². The number of hydrogen-bond acceptors (Lipinski definition) is 4. The monoisotopic (exact) mass is 342 g/mol. The van der Waals surface area contributed by atoms with Gasteiger partial charge in [-0.05, 0) is 36.6 Å². The number of nitrogens with one attached hydrogen (secondary N) is 2. The number of anilines is 1. The van der Waals surface area contributed by atoms with Crippen molar-refractivity contribution in [2.75, 3.05) is 38.1 Å². The van der Waals surface area contributed by atoms with Crippen molar-refractivity contribution in [3.8, 4) is 0 Å². The molecule has 1 atom stereocenters. The molecule has 0 bridgehead atoms. The minimum absolute atomic E-state index is 0.0560. The molecular weight excluding hydrogens is 316 g/mol. The molecule has 3 rings (SSSR count). The molecule has 2 aliphatic heterocycles. The Labute approximate surface area is 148 Å². The molecule has 0 saturated carbocycles. The van der Waals surface area contributed by atoms with Gasteiger partial charge < -0.3 is 20.4 Å². The second kappa shape index (κ2) is 7.70. The fourth-order valence-electron chi connectivity index (χ4n) is 3.57. The number of likely N-dealkylation sites (N-methyl/N-ethyl adjacent to an activating group) is 1. The van der Waals surface area contributed by atoms with Crippen molar-refractivity contribution >= 4 is 17.5 Å². The van der Waals surface area contributed by atoms with E-state index in [-0.39, 0.29) is 11.8 Å². The fraction of sp³-hybridized carbons (Fsp3) is 0.474. The molecule has 2 heterocycles. The second-order valence-corrected chi connectivity index (χ2v) is 6.51. The number of hydrogen-bond donors (Lipinski definition) is 2. The summed E-state index contributed by atoms with van der Waals surface area (Å²) in [6.45, 7) is 8.10. The summed E-state index contributed by atoms with van der Waals surface area (Å²) >= 11 is 0. The van der Waals surface area contributed by atoms with Crippen LogP contribution in [0.2, 0.25) is 0 Å². The number of allylic oxidation sites excluding steroid dienone is 1. The lowest BCUT2D eigenvalue weighted by Crippen LogP contribution is -2.46. The van der Waals surface area contributed by atoms with E-state index < -0.39 is 6.04 Å². The molecule has 1 aromatic carbocycles. The summed E-state index contributed by atoms with van der Waals surface area (Å²) in [5.74, 6) is -0.176. The summed E-state index contributed by atoms with van der Waals surface area (Å²) in [4.78, 5) is 29.1. The molecule has 2 aliphatic rings. The van der Waals surface area contributed by atoms with Gasteiger partial charge in [0.25, 0.3) is 5.91 Å². The van der Waals surface area contributed by atoms with E-state index in [9.17, 15) is 9.59 Å². The maximum absolute atomic E-state index is 12.8. The Morgan fingerprint density at radius 3 is 2.84 bits per heavy atom. The highest BCUT2D eigenvalue weighted by molar-refractivity contribution is 6.01. The first-order valence-electron chi connectivity index (χ1n) is 8.87. The molecule has 1 fully saturated rings. The zero-order chi connectivity index (χ0) is 17.8. The quantitative estimate of drug-likeness (QED) is 0.761. The summed E-state index contributed by atoms with van der Waals surface area (Å²) in [5, 5.41) is 6.03. The van der Waals surface area contributed by atoms with Gasteiger partial charge in [0, 0.05) is 51.0 Å². The Balaban J connectivity index is 1.81. The van der Waals surface area contributed by atoms with Gasteiger partial charge in [0.1, 0.15) is 6.04 Å². The lowest BCUT2D eigenvalue weighted by Gasteiger charge is -2.29. The zero-order valence-corrected chi connectivity index (χ0v) is 14.8. The molecule has 1 aromatic rings. The normalized spacial score (nSPS) is 18.0. The lowest BCUT2D eigenvalue weighted by atomic mass is 10.1. The summed E-state index contributed by atoms with van der Waals surface area (Å²) in [5.41, 5.74) is 2.87. The number of rotatable bonds is 6. The number of amides is 2. The van der Waals surface area contributed by atoms with Gasteiger partial charge in [-0.1, -0.05) is 6.08 Å². The van der Waals surface area contributed by atoms with Gasteiger partial charge in [0.2, 0.25) is 5.91 Å². The first-order chi connectivity index (χ1) is 12.2. The molecule has 6 heteroatoms. The predicted molar refractivity (Wildman–Crippen MR) is 98.7 cm³/mol. The van der Waals surface area contributed by atoms with Crippen LogP contribution in [-0.4, -0.2) is 56.0 Å². The molecular formula is C19H26N4O2. The van der Waals surface area contributed by atoms with Crippen LogP contribution in [0.15, 0.2) is 30.9 Å². The number of fused-ring (bicyclic) bond motifs is 1. The summed E-state index contributed by atoms with van der Waals surface area (Å²) in [6.07, 6.45) is 3.07. The summed E-state index contributed by atoms with van der Waals surface area (Å²) in [6, 6.07) is 5.58. The molecule has 6 nitrogen and oxygen atoms in total. The number of carbonyl (C=O) groups is 2. The summed E-state index contributed by atoms with van der Waals surface area (Å²) in [7, 11) is 1.61. The highest BCUT2D eigenvalue weighted by Crippen LogP contribution is 2.30. The highest BCUT2D eigenvalue weighted by atomic mass is 16.2. The van der Waals surface area contributed by atoms with Gasteiger partial charge in [-0.15, -0.1) is 6.58 Å². The Morgan fingerprint density at radius 1 is 1.40 bits per heavy atom. The Hall–Kier alpha value is -2.34. The number of carbonyl (C=O) groups excluding carboxylic acids is 2. The van der Waals surface area contributed by atoms with Gasteiger partial charge in [0.05, 0.1) is 0 Å². The average Bonchev–Trinajstić information content (AvgIpc) is 2.98. The first kappa shape index (κ1) is 17.5. The minimum Gasteiger partial charge on any atom is -0.369 e. The van der Waals surface area contributed by atoms with Crippen molar-refractivity contribution in [3.63, 3.8) is 0 Å². The van der Waals surface area contributed by atoms with Crippen LogP contribution in [0.25, 0.3) is 0 Å². The van der Waals surface area contributed by atoms with Gasteiger partial charge in [-0.2, -0.15) is 0 Å². The minimum atomic E-state index is -0.453. The van der Waals surface area contributed by atoms with Crippen LogP contribution in [0, 0.1) is 0 Å². The SMILES string of the molecule is C=CCCC(C(=O)NC)N1Cc2cc(N3CCNCC3)ccc2C1=O. The average molecular weight is 342 g/mol. The number of benzene rings is 1. The highest BCUT2D eigenvalue weighted by Gasteiger charge is 2.35. The zero-order valence-electron chi connectivity index (χ0n) is 14.8. The van der Waals surface area contributed by atoms with Crippen LogP contribution >= 0.6 is 0 Å². The van der Waals surface area contributed by atoms with Crippen molar-refractivity contribution in [1.29, 1.82) is 0 Å². The van der Waals surface area contributed by atoms with Crippen molar-refractivity contribution < 1.29 is 9.59 Å². The van der Waals surface area contributed by atoms with Gasteiger partial charge in [-0.25, -0.2) is 0 Å². The third kappa shape index (κ3) is 3.54. The van der Waals surface area contributed by atoms with E-state index in [1.54, 1.807) is 18.0 Å². The van der Waals surface area contributed by atoms with Crippen LogP contribution in [0.1, 0.15) is 28.8 Å². The molecule has 0 aromatic heterocycles. The smallest absolute Gasteiger partial charge is 0.255 e. The van der Waals surface area contributed by atoms with Crippen LogP contribution < -0.4 is 15.5 Å². The lowest BCUT2D eigenvalue weighted by molar-refractivity contribution is -0.125.